The number of aliphatic carboxylic acids is 1. The SMILES string of the molecule is CCc1nnsc1C(=O)N(C)CC(C)C(=O)O. The van der Waals surface area contributed by atoms with Crippen molar-refractivity contribution < 1.29 is 14.7 Å². The molecule has 1 N–H and O–H groups in total. The lowest BCUT2D eigenvalue weighted by molar-refractivity contribution is -0.141. The van der Waals surface area contributed by atoms with Crippen molar-refractivity contribution in [3.05, 3.63) is 10.6 Å². The minimum Gasteiger partial charge on any atom is -0.481 e. The van der Waals surface area contributed by atoms with E-state index < -0.39 is 11.9 Å². The summed E-state index contributed by atoms with van der Waals surface area (Å²) in [4.78, 5) is 24.6. The van der Waals surface area contributed by atoms with E-state index >= 15 is 0 Å². The molecule has 0 radical (unpaired) electrons. The Labute approximate surface area is 103 Å². The fourth-order valence-corrected chi connectivity index (χ4v) is 2.09. The van der Waals surface area contributed by atoms with Crippen molar-refractivity contribution in [3.8, 4) is 0 Å². The molecular weight excluding hydrogens is 242 g/mol. The minimum absolute atomic E-state index is 0.176. The van der Waals surface area contributed by atoms with E-state index in [9.17, 15) is 9.59 Å². The molecule has 0 fully saturated rings. The molecule has 1 unspecified atom stereocenters. The molecule has 1 aromatic rings. The average molecular weight is 257 g/mol. The largest absolute Gasteiger partial charge is 0.481 e. The van der Waals surface area contributed by atoms with Gasteiger partial charge in [-0.25, -0.2) is 0 Å². The lowest BCUT2D eigenvalue weighted by atomic mass is 10.1. The third kappa shape index (κ3) is 3.23. The zero-order valence-corrected chi connectivity index (χ0v) is 10.8. The summed E-state index contributed by atoms with van der Waals surface area (Å²) in [6, 6.07) is 0. The number of aromatic nitrogens is 2. The van der Waals surface area contributed by atoms with E-state index in [0.717, 1.165) is 11.5 Å². The standard InChI is InChI=1S/C10H15N3O3S/c1-4-7-8(17-12-11-7)9(14)13(3)5-6(2)10(15)16/h6H,4-5H2,1-3H3,(H,15,16). The summed E-state index contributed by atoms with van der Waals surface area (Å²) in [6.45, 7) is 3.64. The van der Waals surface area contributed by atoms with Crippen molar-refractivity contribution in [2.45, 2.75) is 20.3 Å². The van der Waals surface area contributed by atoms with E-state index in [-0.39, 0.29) is 12.5 Å². The highest BCUT2D eigenvalue weighted by molar-refractivity contribution is 7.07. The smallest absolute Gasteiger partial charge is 0.308 e. The van der Waals surface area contributed by atoms with Crippen LogP contribution >= 0.6 is 11.5 Å². The highest BCUT2D eigenvalue weighted by atomic mass is 32.1. The van der Waals surface area contributed by atoms with Gasteiger partial charge in [0.05, 0.1) is 11.6 Å². The average Bonchev–Trinajstić information content (AvgIpc) is 2.75. The van der Waals surface area contributed by atoms with Crippen LogP contribution in [0.3, 0.4) is 0 Å². The van der Waals surface area contributed by atoms with Crippen LogP contribution in [0.25, 0.3) is 0 Å². The van der Waals surface area contributed by atoms with Crippen LogP contribution in [0, 0.1) is 5.92 Å². The van der Waals surface area contributed by atoms with E-state index in [1.165, 1.54) is 4.90 Å². The monoisotopic (exact) mass is 257 g/mol. The fourth-order valence-electron chi connectivity index (χ4n) is 1.35. The van der Waals surface area contributed by atoms with E-state index in [4.69, 9.17) is 5.11 Å². The van der Waals surface area contributed by atoms with Crippen LogP contribution in [0.4, 0.5) is 0 Å². The summed E-state index contributed by atoms with van der Waals surface area (Å²) in [7, 11) is 1.58. The summed E-state index contributed by atoms with van der Waals surface area (Å²) >= 11 is 1.05. The maximum Gasteiger partial charge on any atom is 0.308 e. The van der Waals surface area contributed by atoms with Crippen LogP contribution in [0.5, 0.6) is 0 Å². The lowest BCUT2D eigenvalue weighted by Gasteiger charge is -2.18. The van der Waals surface area contributed by atoms with E-state index in [2.05, 4.69) is 9.59 Å². The number of amides is 1. The quantitative estimate of drug-likeness (QED) is 0.847. The molecule has 1 amide bonds. The molecule has 0 bridgehead atoms. The van der Waals surface area contributed by atoms with Gasteiger partial charge in [-0.3, -0.25) is 9.59 Å². The maximum atomic E-state index is 12.0. The summed E-state index contributed by atoms with van der Waals surface area (Å²) in [6.07, 6.45) is 0.639. The highest BCUT2D eigenvalue weighted by Gasteiger charge is 2.22. The Balaban J connectivity index is 2.73. The number of hydrogen-bond donors (Lipinski definition) is 1. The first-order valence-electron chi connectivity index (χ1n) is 5.26. The Morgan fingerprint density at radius 1 is 1.53 bits per heavy atom. The summed E-state index contributed by atoms with van der Waals surface area (Å²) < 4.78 is 3.74. The number of rotatable bonds is 5. The third-order valence-corrected chi connectivity index (χ3v) is 3.16. The van der Waals surface area contributed by atoms with Crippen LogP contribution in [-0.2, 0) is 11.2 Å². The minimum atomic E-state index is -0.914. The molecule has 0 saturated heterocycles. The zero-order chi connectivity index (χ0) is 13.0. The fraction of sp³-hybridized carbons (Fsp3) is 0.600. The predicted octanol–water partition coefficient (Wildman–Crippen LogP) is 0.893. The van der Waals surface area contributed by atoms with Crippen molar-refractivity contribution in [2.24, 2.45) is 5.92 Å². The molecule has 1 heterocycles. The number of aryl methyl sites for hydroxylation is 1. The lowest BCUT2D eigenvalue weighted by Crippen LogP contribution is -2.33. The molecule has 6 nitrogen and oxygen atoms in total. The molecule has 0 aliphatic rings. The van der Waals surface area contributed by atoms with Gasteiger partial charge >= 0.3 is 5.97 Å². The van der Waals surface area contributed by atoms with Crippen LogP contribution in [-0.4, -0.2) is 45.1 Å². The third-order valence-electron chi connectivity index (χ3n) is 2.40. The van der Waals surface area contributed by atoms with Gasteiger partial charge in [-0.05, 0) is 18.0 Å². The van der Waals surface area contributed by atoms with Crippen LogP contribution in [0.2, 0.25) is 0 Å². The Hall–Kier alpha value is -1.50. The molecule has 0 aliphatic heterocycles. The normalized spacial score (nSPS) is 12.2. The van der Waals surface area contributed by atoms with Crippen molar-refractivity contribution in [3.63, 3.8) is 0 Å². The molecular formula is C10H15N3O3S. The number of hydrogen-bond acceptors (Lipinski definition) is 5. The van der Waals surface area contributed by atoms with Gasteiger partial charge in [0.25, 0.3) is 5.91 Å². The molecule has 1 aromatic heterocycles. The first-order valence-corrected chi connectivity index (χ1v) is 6.04. The Morgan fingerprint density at radius 3 is 2.71 bits per heavy atom. The van der Waals surface area contributed by atoms with Gasteiger partial charge in [0.1, 0.15) is 4.88 Å². The van der Waals surface area contributed by atoms with E-state index in [1.807, 2.05) is 6.92 Å². The molecule has 1 rings (SSSR count). The first kappa shape index (κ1) is 13.6. The van der Waals surface area contributed by atoms with Crippen molar-refractivity contribution in [1.29, 1.82) is 0 Å². The number of carbonyl (C=O) groups excluding carboxylic acids is 1. The van der Waals surface area contributed by atoms with Crippen LogP contribution in [0.15, 0.2) is 0 Å². The molecule has 0 spiro atoms. The van der Waals surface area contributed by atoms with Crippen LogP contribution in [0.1, 0.15) is 29.2 Å². The Kier molecular flexibility index (Phi) is 4.56. The Morgan fingerprint density at radius 2 is 2.18 bits per heavy atom. The summed E-state index contributed by atoms with van der Waals surface area (Å²) in [5.41, 5.74) is 0.662. The van der Waals surface area contributed by atoms with Gasteiger partial charge in [-0.15, -0.1) is 5.10 Å². The second kappa shape index (κ2) is 5.72. The second-order valence-corrected chi connectivity index (χ2v) is 4.58. The van der Waals surface area contributed by atoms with E-state index in [1.54, 1.807) is 14.0 Å². The highest BCUT2D eigenvalue weighted by Crippen LogP contribution is 2.14. The van der Waals surface area contributed by atoms with Gasteiger partial charge in [-0.1, -0.05) is 18.3 Å². The van der Waals surface area contributed by atoms with Gasteiger partial charge in [0.15, 0.2) is 0 Å². The zero-order valence-electron chi connectivity index (χ0n) is 10.0. The molecule has 7 heteroatoms. The number of carbonyl (C=O) groups is 2. The molecule has 94 valence electrons. The molecule has 0 saturated carbocycles. The van der Waals surface area contributed by atoms with Gasteiger partial charge in [0, 0.05) is 13.6 Å². The first-order chi connectivity index (χ1) is 7.97. The van der Waals surface area contributed by atoms with Crippen molar-refractivity contribution in [1.82, 2.24) is 14.5 Å². The van der Waals surface area contributed by atoms with Gasteiger partial charge < -0.3 is 10.0 Å². The van der Waals surface area contributed by atoms with Gasteiger partial charge in [-0.2, -0.15) is 0 Å². The summed E-state index contributed by atoms with van der Waals surface area (Å²) in [5.74, 6) is -1.72. The number of nitrogens with zero attached hydrogens (tertiary/aromatic N) is 3. The predicted molar refractivity (Wildman–Crippen MR) is 63.0 cm³/mol. The molecule has 0 aliphatic carbocycles. The van der Waals surface area contributed by atoms with Crippen molar-refractivity contribution in [2.75, 3.05) is 13.6 Å². The van der Waals surface area contributed by atoms with Gasteiger partial charge in [0.2, 0.25) is 0 Å². The second-order valence-electron chi connectivity index (χ2n) is 3.83. The van der Waals surface area contributed by atoms with Crippen LogP contribution < -0.4 is 0 Å². The topological polar surface area (TPSA) is 83.4 Å². The van der Waals surface area contributed by atoms with E-state index in [0.29, 0.717) is 17.0 Å². The molecule has 17 heavy (non-hydrogen) atoms. The number of carboxylic acid groups (broad SMARTS) is 1. The molecule has 0 aromatic carbocycles. The summed E-state index contributed by atoms with van der Waals surface area (Å²) in [5, 5.41) is 12.6. The Bertz CT molecular complexity index is 419. The molecule has 1 atom stereocenters. The van der Waals surface area contributed by atoms with Crippen molar-refractivity contribution >= 4 is 23.4 Å². The number of carboxylic acids is 1. The maximum absolute atomic E-state index is 12.0.